The third-order valence-corrected chi connectivity index (χ3v) is 7.22. The van der Waals surface area contributed by atoms with E-state index in [2.05, 4.69) is 78.2 Å². The third-order valence-electron chi connectivity index (χ3n) is 7.22. The van der Waals surface area contributed by atoms with Crippen LogP contribution in [0.3, 0.4) is 0 Å². The first-order chi connectivity index (χ1) is 14.7. The van der Waals surface area contributed by atoms with Crippen LogP contribution in [0.1, 0.15) is 46.2 Å². The molecule has 0 spiro atoms. The van der Waals surface area contributed by atoms with Gasteiger partial charge in [-0.1, -0.05) is 36.4 Å². The number of fused-ring (bicyclic) bond motifs is 3. The lowest BCUT2D eigenvalue weighted by Crippen LogP contribution is -2.46. The smallest absolute Gasteiger partial charge is 0.206 e. The van der Waals surface area contributed by atoms with Gasteiger partial charge in [-0.25, -0.2) is 4.58 Å². The van der Waals surface area contributed by atoms with Crippen molar-refractivity contribution in [2.24, 2.45) is 0 Å². The summed E-state index contributed by atoms with van der Waals surface area (Å²) in [6.45, 7) is 2.46. The fourth-order valence-electron chi connectivity index (χ4n) is 5.85. The Bertz CT molecular complexity index is 1280. The SMILES string of the molecule is CN(C)c1ccc2c(c1)Cc1c3c4c(cc1=C2c1ccccc1)CCC[N+]=4CCC3. The maximum Gasteiger partial charge on any atom is 0.206 e. The van der Waals surface area contributed by atoms with Crippen LogP contribution in [-0.4, -0.2) is 27.2 Å². The second-order valence-electron chi connectivity index (χ2n) is 9.24. The van der Waals surface area contributed by atoms with Crippen LogP contribution < -0.4 is 20.1 Å². The normalized spacial score (nSPS) is 16.6. The van der Waals surface area contributed by atoms with Gasteiger partial charge < -0.3 is 4.90 Å². The largest absolute Gasteiger partial charge is 0.378 e. The van der Waals surface area contributed by atoms with Gasteiger partial charge in [0.15, 0.2) is 0 Å². The number of rotatable bonds is 2. The van der Waals surface area contributed by atoms with Crippen LogP contribution in [0.2, 0.25) is 0 Å². The molecule has 0 saturated carbocycles. The van der Waals surface area contributed by atoms with E-state index >= 15 is 0 Å². The van der Waals surface area contributed by atoms with Crippen molar-refractivity contribution in [1.29, 1.82) is 0 Å². The lowest BCUT2D eigenvalue weighted by Gasteiger charge is -2.27. The quantitative estimate of drug-likeness (QED) is 0.474. The monoisotopic (exact) mass is 393 g/mol. The summed E-state index contributed by atoms with van der Waals surface area (Å²) in [6, 6.07) is 20.6. The minimum absolute atomic E-state index is 1.05. The van der Waals surface area contributed by atoms with E-state index < -0.39 is 0 Å². The molecule has 0 unspecified atom stereocenters. The summed E-state index contributed by atoms with van der Waals surface area (Å²) in [5.41, 5.74) is 11.7. The molecule has 30 heavy (non-hydrogen) atoms. The molecule has 0 saturated heterocycles. The minimum Gasteiger partial charge on any atom is -0.378 e. The van der Waals surface area contributed by atoms with Gasteiger partial charge in [0.2, 0.25) is 5.36 Å². The van der Waals surface area contributed by atoms with E-state index in [0.29, 0.717) is 0 Å². The van der Waals surface area contributed by atoms with Crippen molar-refractivity contribution in [2.45, 2.75) is 32.1 Å². The second-order valence-corrected chi connectivity index (χ2v) is 9.24. The molecular formula is C28H29N2+. The first-order valence-corrected chi connectivity index (χ1v) is 11.4. The first-order valence-electron chi connectivity index (χ1n) is 11.4. The van der Waals surface area contributed by atoms with Crippen LogP contribution in [0.25, 0.3) is 5.57 Å². The van der Waals surface area contributed by atoms with Crippen molar-refractivity contribution < 1.29 is 0 Å². The molecule has 150 valence electrons. The van der Waals surface area contributed by atoms with Gasteiger partial charge in [0, 0.05) is 43.8 Å². The number of hydrogen-bond donors (Lipinski definition) is 0. The summed E-state index contributed by atoms with van der Waals surface area (Å²) in [5, 5.41) is 3.08. The molecule has 0 aromatic heterocycles. The first kappa shape index (κ1) is 17.9. The average Bonchev–Trinajstić information content (AvgIpc) is 2.78. The second kappa shape index (κ2) is 6.84. The number of aryl methyl sites for hydroxylation is 1. The van der Waals surface area contributed by atoms with E-state index in [4.69, 9.17) is 0 Å². The molecule has 0 N–H and O–H groups in total. The summed E-state index contributed by atoms with van der Waals surface area (Å²) >= 11 is 0. The van der Waals surface area contributed by atoms with Gasteiger partial charge in [0.05, 0.1) is 0 Å². The van der Waals surface area contributed by atoms with Gasteiger partial charge >= 0.3 is 0 Å². The highest BCUT2D eigenvalue weighted by atomic mass is 15.1. The lowest BCUT2D eigenvalue weighted by atomic mass is 9.79. The molecule has 3 aromatic rings. The van der Waals surface area contributed by atoms with E-state index in [-0.39, 0.29) is 0 Å². The summed E-state index contributed by atoms with van der Waals surface area (Å²) < 4.78 is 2.67. The molecule has 2 nitrogen and oxygen atoms in total. The maximum absolute atomic E-state index is 2.67. The molecule has 0 radical (unpaired) electrons. The number of anilines is 1. The Kier molecular flexibility index (Phi) is 4.09. The van der Waals surface area contributed by atoms with Gasteiger partial charge in [-0.15, -0.1) is 0 Å². The molecule has 6 rings (SSSR count). The Morgan fingerprint density at radius 2 is 1.60 bits per heavy atom. The van der Waals surface area contributed by atoms with Crippen molar-refractivity contribution in [3.05, 3.63) is 98.6 Å². The molecule has 2 heterocycles. The highest BCUT2D eigenvalue weighted by molar-refractivity contribution is 5.84. The van der Waals surface area contributed by atoms with E-state index in [0.717, 1.165) is 6.42 Å². The molecule has 2 heteroatoms. The zero-order valence-corrected chi connectivity index (χ0v) is 18.0. The Labute approximate surface area is 178 Å². The number of nitrogens with zero attached hydrogens (tertiary/aromatic N) is 2. The summed E-state index contributed by atoms with van der Waals surface area (Å²) in [6.07, 6.45) is 6.08. The molecule has 3 aliphatic rings. The van der Waals surface area contributed by atoms with E-state index in [1.807, 2.05) is 0 Å². The van der Waals surface area contributed by atoms with Crippen molar-refractivity contribution in [3.63, 3.8) is 0 Å². The zero-order valence-electron chi connectivity index (χ0n) is 18.0. The van der Waals surface area contributed by atoms with Crippen LogP contribution in [0.5, 0.6) is 0 Å². The van der Waals surface area contributed by atoms with Crippen LogP contribution in [0, 0.1) is 0 Å². The predicted molar refractivity (Wildman–Crippen MR) is 125 cm³/mol. The van der Waals surface area contributed by atoms with Crippen molar-refractivity contribution in [3.8, 4) is 0 Å². The summed E-state index contributed by atoms with van der Waals surface area (Å²) in [5.74, 6) is 0. The van der Waals surface area contributed by atoms with Crippen LogP contribution in [0.15, 0.2) is 54.6 Å². The molecular weight excluding hydrogens is 364 g/mol. The average molecular weight is 394 g/mol. The fraction of sp³-hybridized carbons (Fsp3) is 0.321. The van der Waals surface area contributed by atoms with Gasteiger partial charge in [-0.2, -0.15) is 0 Å². The van der Waals surface area contributed by atoms with Crippen LogP contribution >= 0.6 is 0 Å². The molecule has 0 atom stereocenters. The Hall–Kier alpha value is -2.87. The Morgan fingerprint density at radius 1 is 0.800 bits per heavy atom. The standard InChI is InChI=1S/C28H29N2/c1-29(2)22-12-13-23-21(16-22)18-25-24-11-7-15-30-14-6-10-20(28(24)30)17-26(25)27(23)19-8-4-3-5-9-19/h3-5,8-9,12-13,16-17H,6-7,10-11,14-15,18H2,1-2H3/q+1. The zero-order chi connectivity index (χ0) is 20.2. The van der Waals surface area contributed by atoms with Gasteiger partial charge in [-0.05, 0) is 70.5 Å². The summed E-state index contributed by atoms with van der Waals surface area (Å²) in [4.78, 5) is 2.22. The Morgan fingerprint density at radius 3 is 2.40 bits per heavy atom. The van der Waals surface area contributed by atoms with Crippen molar-refractivity contribution in [1.82, 2.24) is 4.58 Å². The highest BCUT2D eigenvalue weighted by Crippen LogP contribution is 2.33. The van der Waals surface area contributed by atoms with Gasteiger partial charge in [-0.3, -0.25) is 0 Å². The van der Waals surface area contributed by atoms with E-state index in [1.165, 1.54) is 71.9 Å². The van der Waals surface area contributed by atoms with Crippen molar-refractivity contribution >= 4 is 11.3 Å². The molecule has 0 fully saturated rings. The highest BCUT2D eigenvalue weighted by Gasteiger charge is 2.29. The Balaban J connectivity index is 1.75. The fourth-order valence-corrected chi connectivity index (χ4v) is 5.85. The van der Waals surface area contributed by atoms with E-state index in [1.54, 1.807) is 22.0 Å². The van der Waals surface area contributed by atoms with Gasteiger partial charge in [0.25, 0.3) is 0 Å². The molecule has 1 aliphatic carbocycles. The molecule has 2 aliphatic heterocycles. The number of benzene rings is 3. The molecule has 0 bridgehead atoms. The van der Waals surface area contributed by atoms with E-state index in [9.17, 15) is 0 Å². The number of hydrogen-bond acceptors (Lipinski definition) is 1. The minimum atomic E-state index is 1.05. The lowest BCUT2D eigenvalue weighted by molar-refractivity contribution is 0.478. The predicted octanol–water partition coefficient (Wildman–Crippen LogP) is 3.29. The van der Waals surface area contributed by atoms with Crippen molar-refractivity contribution in [2.75, 3.05) is 32.1 Å². The molecule has 3 aromatic carbocycles. The molecule has 0 amide bonds. The third kappa shape index (κ3) is 2.66. The maximum atomic E-state index is 2.67. The topological polar surface area (TPSA) is 6.25 Å². The van der Waals surface area contributed by atoms with Crippen LogP contribution in [-0.2, 0) is 19.3 Å². The van der Waals surface area contributed by atoms with Crippen LogP contribution in [0.4, 0.5) is 5.69 Å². The summed E-state index contributed by atoms with van der Waals surface area (Å²) in [7, 11) is 4.27. The van der Waals surface area contributed by atoms with Gasteiger partial charge in [0.1, 0.15) is 13.1 Å².